The molecule has 0 aliphatic carbocycles. The van der Waals surface area contributed by atoms with Crippen molar-refractivity contribution in [3.63, 3.8) is 0 Å². The Bertz CT molecular complexity index is 3410. The van der Waals surface area contributed by atoms with E-state index in [1.807, 2.05) is 11.3 Å². The van der Waals surface area contributed by atoms with Crippen molar-refractivity contribution in [2.75, 3.05) is 0 Å². The minimum atomic E-state index is 0.918. The lowest BCUT2D eigenvalue weighted by atomic mass is 10.0. The zero-order chi connectivity index (χ0) is 33.9. The van der Waals surface area contributed by atoms with Crippen LogP contribution in [0, 0.1) is 0 Å². The summed E-state index contributed by atoms with van der Waals surface area (Å²) in [5.74, 6) is 0. The van der Waals surface area contributed by atoms with Crippen molar-refractivity contribution in [2.24, 2.45) is 0 Å². The first-order chi connectivity index (χ1) is 25.8. The molecule has 0 atom stereocenters. The van der Waals surface area contributed by atoms with Crippen LogP contribution >= 0.6 is 11.3 Å². The van der Waals surface area contributed by atoms with Gasteiger partial charge in [-0.25, -0.2) is 0 Å². The predicted molar refractivity (Wildman–Crippen MR) is 221 cm³/mol. The molecule has 4 aromatic heterocycles. The van der Waals surface area contributed by atoms with E-state index < -0.39 is 0 Å². The fourth-order valence-corrected chi connectivity index (χ4v) is 9.84. The van der Waals surface area contributed by atoms with Gasteiger partial charge in [0.1, 0.15) is 11.2 Å². The van der Waals surface area contributed by atoms with Crippen molar-refractivity contribution >= 4 is 97.1 Å². The second kappa shape index (κ2) is 10.5. The minimum absolute atomic E-state index is 0.918. The van der Waals surface area contributed by atoms with E-state index in [1.54, 1.807) is 0 Å². The third kappa shape index (κ3) is 3.79. The number of aromatic nitrogens is 2. The molecule has 0 saturated heterocycles. The smallest absolute Gasteiger partial charge is 0.144 e. The third-order valence-corrected chi connectivity index (χ3v) is 12.1. The number of rotatable bonds is 3. The predicted octanol–water partition coefficient (Wildman–Crippen LogP) is 13.8. The van der Waals surface area contributed by atoms with Gasteiger partial charge in [-0.1, -0.05) is 103 Å². The van der Waals surface area contributed by atoms with Gasteiger partial charge >= 0.3 is 0 Å². The lowest BCUT2D eigenvalue weighted by molar-refractivity contribution is 0.673. The van der Waals surface area contributed by atoms with Crippen LogP contribution < -0.4 is 0 Å². The molecule has 3 nitrogen and oxygen atoms in total. The third-order valence-electron chi connectivity index (χ3n) is 10.9. The first-order valence-electron chi connectivity index (χ1n) is 17.7. The van der Waals surface area contributed by atoms with E-state index in [0.29, 0.717) is 0 Å². The quantitative estimate of drug-likeness (QED) is 0.182. The number of nitrogens with zero attached hydrogens (tertiary/aromatic N) is 2. The fourth-order valence-electron chi connectivity index (χ4n) is 8.63. The summed E-state index contributed by atoms with van der Waals surface area (Å²) in [6, 6.07) is 61.7. The van der Waals surface area contributed by atoms with Crippen LogP contribution in [0.5, 0.6) is 0 Å². The Kier molecular flexibility index (Phi) is 5.65. The zero-order valence-electron chi connectivity index (χ0n) is 27.9. The van der Waals surface area contributed by atoms with E-state index in [2.05, 4.69) is 179 Å². The first kappa shape index (κ1) is 28.1. The van der Waals surface area contributed by atoms with E-state index in [4.69, 9.17) is 4.42 Å². The average Bonchev–Trinajstić information content (AvgIpc) is 3.95. The van der Waals surface area contributed by atoms with Crippen LogP contribution in [0.1, 0.15) is 0 Å². The van der Waals surface area contributed by atoms with Gasteiger partial charge in [0.15, 0.2) is 0 Å². The molecular formula is C48H28N2OS. The Morgan fingerprint density at radius 3 is 1.69 bits per heavy atom. The number of hydrogen-bond donors (Lipinski definition) is 0. The van der Waals surface area contributed by atoms with Gasteiger partial charge in [-0.15, -0.1) is 11.3 Å². The van der Waals surface area contributed by atoms with Crippen molar-refractivity contribution in [1.82, 2.24) is 9.13 Å². The molecule has 0 N–H and O–H groups in total. The van der Waals surface area contributed by atoms with Gasteiger partial charge in [0.05, 0.1) is 32.5 Å². The van der Waals surface area contributed by atoms with E-state index >= 15 is 0 Å². The monoisotopic (exact) mass is 680 g/mol. The molecule has 12 aromatic rings. The summed E-state index contributed by atoms with van der Waals surface area (Å²) in [6.45, 7) is 0. The van der Waals surface area contributed by atoms with Crippen LogP contribution in [-0.4, -0.2) is 9.13 Å². The highest BCUT2D eigenvalue weighted by Gasteiger charge is 2.22. The lowest BCUT2D eigenvalue weighted by Gasteiger charge is -2.11. The summed E-state index contributed by atoms with van der Waals surface area (Å²) in [5, 5.41) is 9.71. The normalized spacial score (nSPS) is 12.2. The Balaban J connectivity index is 1.12. The number of furan rings is 1. The van der Waals surface area contributed by atoms with Gasteiger partial charge in [-0.05, 0) is 77.9 Å². The van der Waals surface area contributed by atoms with E-state index in [9.17, 15) is 0 Å². The van der Waals surface area contributed by atoms with E-state index in [1.165, 1.54) is 86.3 Å². The van der Waals surface area contributed by atoms with Crippen LogP contribution in [0.4, 0.5) is 0 Å². The fraction of sp³-hybridized carbons (Fsp3) is 0. The standard InChI is InChI=1S/C48H28N2OS/c1-2-12-31(13-3-1)49-39-18-8-4-14-32(39)36-26-29(22-24-41(36)49)30-23-25-42-37(27-30)33-15-5-9-19-40(33)50(42)43-28-38-34-16-6-10-20-44(34)51-47(38)46-35-17-7-11-21-45(35)52-48(43)46/h1-28H. The molecule has 0 aliphatic rings. The number of para-hydroxylation sites is 4. The van der Waals surface area contributed by atoms with Gasteiger partial charge in [0.25, 0.3) is 0 Å². The van der Waals surface area contributed by atoms with Crippen molar-refractivity contribution in [2.45, 2.75) is 0 Å². The Labute approximate surface area is 301 Å². The first-order valence-corrected chi connectivity index (χ1v) is 18.5. The van der Waals surface area contributed by atoms with E-state index in [-0.39, 0.29) is 0 Å². The highest BCUT2D eigenvalue weighted by molar-refractivity contribution is 7.26. The van der Waals surface area contributed by atoms with Gasteiger partial charge in [-0.3, -0.25) is 0 Å². The molecular weight excluding hydrogens is 653 g/mol. The molecule has 4 heteroatoms. The molecule has 52 heavy (non-hydrogen) atoms. The highest BCUT2D eigenvalue weighted by atomic mass is 32.1. The summed E-state index contributed by atoms with van der Waals surface area (Å²) >= 11 is 1.85. The molecule has 0 amide bonds. The number of thiophene rings is 1. The summed E-state index contributed by atoms with van der Waals surface area (Å²) in [4.78, 5) is 0. The lowest BCUT2D eigenvalue weighted by Crippen LogP contribution is -1.94. The molecule has 12 rings (SSSR count). The zero-order valence-corrected chi connectivity index (χ0v) is 28.7. The molecule has 0 bridgehead atoms. The van der Waals surface area contributed by atoms with Crippen molar-refractivity contribution in [3.8, 4) is 22.5 Å². The molecule has 4 heterocycles. The second-order valence-corrected chi connectivity index (χ2v) is 14.7. The maximum Gasteiger partial charge on any atom is 0.144 e. The maximum absolute atomic E-state index is 6.62. The Morgan fingerprint density at radius 2 is 0.962 bits per heavy atom. The van der Waals surface area contributed by atoms with Crippen molar-refractivity contribution < 1.29 is 4.42 Å². The summed E-state index contributed by atoms with van der Waals surface area (Å²) < 4.78 is 14.0. The molecule has 0 radical (unpaired) electrons. The molecule has 0 aliphatic heterocycles. The number of benzene rings is 8. The maximum atomic E-state index is 6.62. The summed E-state index contributed by atoms with van der Waals surface area (Å²) in [6.07, 6.45) is 0. The van der Waals surface area contributed by atoms with Crippen molar-refractivity contribution in [1.29, 1.82) is 0 Å². The van der Waals surface area contributed by atoms with Gasteiger partial charge in [0.2, 0.25) is 0 Å². The highest BCUT2D eigenvalue weighted by Crippen LogP contribution is 2.47. The molecule has 0 spiro atoms. The molecule has 0 saturated carbocycles. The molecule has 0 fully saturated rings. The Morgan fingerprint density at radius 1 is 0.404 bits per heavy atom. The number of hydrogen-bond acceptors (Lipinski definition) is 2. The summed E-state index contributed by atoms with van der Waals surface area (Å²) in [7, 11) is 0. The van der Waals surface area contributed by atoms with Gasteiger partial charge in [0, 0.05) is 53.5 Å². The van der Waals surface area contributed by atoms with Crippen LogP contribution in [0.3, 0.4) is 0 Å². The Hall–Kier alpha value is -6.62. The molecule has 242 valence electrons. The van der Waals surface area contributed by atoms with Crippen LogP contribution in [-0.2, 0) is 0 Å². The second-order valence-electron chi connectivity index (χ2n) is 13.7. The van der Waals surface area contributed by atoms with Crippen molar-refractivity contribution in [3.05, 3.63) is 170 Å². The largest absolute Gasteiger partial charge is 0.455 e. The van der Waals surface area contributed by atoms with Gasteiger partial charge in [-0.2, -0.15) is 0 Å². The molecule has 0 unspecified atom stereocenters. The topological polar surface area (TPSA) is 23.0 Å². The van der Waals surface area contributed by atoms with Crippen LogP contribution in [0.25, 0.3) is 108 Å². The van der Waals surface area contributed by atoms with Crippen LogP contribution in [0.15, 0.2) is 174 Å². The SMILES string of the molecule is c1ccc(-n2c3ccccc3c3cc(-c4ccc5c(c4)c4ccccc4n5-c4cc5c6ccccc6oc5c5c4sc4ccccc45)ccc32)cc1. The van der Waals surface area contributed by atoms with Crippen LogP contribution in [0.2, 0.25) is 0 Å². The number of fused-ring (bicyclic) bond motifs is 13. The van der Waals surface area contributed by atoms with E-state index in [0.717, 1.165) is 21.9 Å². The van der Waals surface area contributed by atoms with Gasteiger partial charge < -0.3 is 13.6 Å². The summed E-state index contributed by atoms with van der Waals surface area (Å²) in [5.41, 5.74) is 11.5. The minimum Gasteiger partial charge on any atom is -0.455 e. The molecule has 8 aromatic carbocycles. The average molecular weight is 681 g/mol.